The summed E-state index contributed by atoms with van der Waals surface area (Å²) in [7, 11) is 1.86. The van der Waals surface area contributed by atoms with E-state index in [0.717, 1.165) is 17.3 Å². The summed E-state index contributed by atoms with van der Waals surface area (Å²) < 4.78 is 1.73. The highest BCUT2D eigenvalue weighted by molar-refractivity contribution is 7.99. The summed E-state index contributed by atoms with van der Waals surface area (Å²) in [5.74, 6) is 1.78. The molecule has 15 heavy (non-hydrogen) atoms. The van der Waals surface area contributed by atoms with E-state index in [0.29, 0.717) is 6.54 Å². The summed E-state index contributed by atoms with van der Waals surface area (Å²) in [4.78, 5) is 11.6. The molecule has 0 saturated carbocycles. The fourth-order valence-corrected chi connectivity index (χ4v) is 2.36. The second kappa shape index (κ2) is 4.67. The smallest absolute Gasteiger partial charge is 0.238 e. The summed E-state index contributed by atoms with van der Waals surface area (Å²) in [5.41, 5.74) is 0.886. The van der Waals surface area contributed by atoms with E-state index in [9.17, 15) is 4.79 Å². The number of rotatable bonds is 3. The van der Waals surface area contributed by atoms with Crippen LogP contribution in [-0.2, 0) is 18.4 Å². The average molecular weight is 226 g/mol. The van der Waals surface area contributed by atoms with Crippen LogP contribution in [0, 0.1) is 0 Å². The molecule has 1 aromatic rings. The van der Waals surface area contributed by atoms with Gasteiger partial charge in [-0.1, -0.05) is 0 Å². The zero-order valence-electron chi connectivity index (χ0n) is 8.56. The van der Waals surface area contributed by atoms with E-state index in [4.69, 9.17) is 0 Å². The van der Waals surface area contributed by atoms with Crippen molar-refractivity contribution >= 4 is 17.7 Å². The van der Waals surface area contributed by atoms with Gasteiger partial charge in [-0.3, -0.25) is 14.8 Å². The van der Waals surface area contributed by atoms with Gasteiger partial charge in [0.25, 0.3) is 0 Å². The van der Waals surface area contributed by atoms with Crippen molar-refractivity contribution in [1.82, 2.24) is 20.4 Å². The first-order valence-corrected chi connectivity index (χ1v) is 5.98. The largest absolute Gasteiger partial charge is 0.349 e. The molecule has 1 amide bonds. The molecule has 1 saturated heterocycles. The number of nitrogens with one attached hydrogen (secondary N) is 2. The SMILES string of the molecule is Cn1ccc(CNC(=O)C2CSCN2)n1. The second-order valence-corrected chi connectivity index (χ2v) is 4.50. The predicted molar refractivity (Wildman–Crippen MR) is 59.3 cm³/mol. The van der Waals surface area contributed by atoms with Crippen molar-refractivity contribution in [3.63, 3.8) is 0 Å². The molecule has 2 rings (SSSR count). The molecule has 2 heterocycles. The number of nitrogens with zero attached hydrogens (tertiary/aromatic N) is 2. The van der Waals surface area contributed by atoms with Crippen molar-refractivity contribution in [3.05, 3.63) is 18.0 Å². The van der Waals surface area contributed by atoms with Crippen LogP contribution in [-0.4, -0.2) is 33.4 Å². The lowest BCUT2D eigenvalue weighted by atomic mass is 10.3. The number of amides is 1. The summed E-state index contributed by atoms with van der Waals surface area (Å²) in [5, 5.41) is 10.2. The maximum absolute atomic E-state index is 11.6. The van der Waals surface area contributed by atoms with E-state index in [2.05, 4.69) is 15.7 Å². The maximum Gasteiger partial charge on any atom is 0.238 e. The fourth-order valence-electron chi connectivity index (χ4n) is 1.42. The van der Waals surface area contributed by atoms with Crippen LogP contribution in [0.2, 0.25) is 0 Å². The normalized spacial score (nSPS) is 20.5. The Bertz CT molecular complexity index is 346. The van der Waals surface area contributed by atoms with Crippen LogP contribution in [0.1, 0.15) is 5.69 Å². The molecule has 1 atom stereocenters. The average Bonchev–Trinajstić information content (AvgIpc) is 2.84. The second-order valence-electron chi connectivity index (χ2n) is 3.47. The van der Waals surface area contributed by atoms with Gasteiger partial charge in [-0.25, -0.2) is 0 Å². The van der Waals surface area contributed by atoms with Crippen molar-refractivity contribution in [1.29, 1.82) is 0 Å². The molecule has 0 spiro atoms. The highest BCUT2D eigenvalue weighted by atomic mass is 32.2. The Morgan fingerprint density at radius 3 is 3.33 bits per heavy atom. The van der Waals surface area contributed by atoms with Crippen LogP contribution in [0.4, 0.5) is 0 Å². The molecule has 0 aliphatic carbocycles. The van der Waals surface area contributed by atoms with Crippen molar-refractivity contribution in [2.75, 3.05) is 11.6 Å². The quantitative estimate of drug-likeness (QED) is 0.743. The van der Waals surface area contributed by atoms with Gasteiger partial charge in [-0.15, -0.1) is 11.8 Å². The van der Waals surface area contributed by atoms with Crippen LogP contribution in [0.15, 0.2) is 12.3 Å². The fraction of sp³-hybridized carbons (Fsp3) is 0.556. The number of hydrogen-bond donors (Lipinski definition) is 2. The van der Waals surface area contributed by atoms with Gasteiger partial charge in [0.1, 0.15) is 0 Å². The third-order valence-corrected chi connectivity index (χ3v) is 3.19. The van der Waals surface area contributed by atoms with Crippen molar-refractivity contribution in [2.24, 2.45) is 7.05 Å². The molecule has 1 aliphatic heterocycles. The Balaban J connectivity index is 1.80. The predicted octanol–water partition coefficient (Wildman–Crippen LogP) is -0.301. The highest BCUT2D eigenvalue weighted by Gasteiger charge is 2.21. The molecule has 1 aromatic heterocycles. The molecule has 0 aromatic carbocycles. The molecule has 1 fully saturated rings. The van der Waals surface area contributed by atoms with E-state index in [-0.39, 0.29) is 11.9 Å². The van der Waals surface area contributed by atoms with Crippen molar-refractivity contribution < 1.29 is 4.79 Å². The Labute approximate surface area is 92.6 Å². The third kappa shape index (κ3) is 2.73. The minimum absolute atomic E-state index is 0.0429. The van der Waals surface area contributed by atoms with Gasteiger partial charge in [0, 0.05) is 24.9 Å². The van der Waals surface area contributed by atoms with Gasteiger partial charge in [-0.05, 0) is 6.07 Å². The first-order chi connectivity index (χ1) is 7.25. The molecule has 1 aliphatic rings. The van der Waals surface area contributed by atoms with E-state index < -0.39 is 0 Å². The Kier molecular flexibility index (Phi) is 3.27. The molecule has 0 bridgehead atoms. The van der Waals surface area contributed by atoms with Gasteiger partial charge in [-0.2, -0.15) is 5.10 Å². The zero-order chi connectivity index (χ0) is 10.7. The van der Waals surface area contributed by atoms with Gasteiger partial charge >= 0.3 is 0 Å². The van der Waals surface area contributed by atoms with E-state index in [1.54, 1.807) is 16.4 Å². The van der Waals surface area contributed by atoms with Crippen molar-refractivity contribution in [2.45, 2.75) is 12.6 Å². The topological polar surface area (TPSA) is 59.0 Å². The van der Waals surface area contributed by atoms with Crippen LogP contribution in [0.5, 0.6) is 0 Å². The van der Waals surface area contributed by atoms with Gasteiger partial charge in [0.05, 0.1) is 18.3 Å². The van der Waals surface area contributed by atoms with Gasteiger partial charge in [0.2, 0.25) is 5.91 Å². The van der Waals surface area contributed by atoms with Gasteiger partial charge in [0.15, 0.2) is 0 Å². The first-order valence-electron chi connectivity index (χ1n) is 4.83. The number of aryl methyl sites for hydroxylation is 1. The van der Waals surface area contributed by atoms with Crippen LogP contribution < -0.4 is 10.6 Å². The van der Waals surface area contributed by atoms with Gasteiger partial charge < -0.3 is 5.32 Å². The minimum Gasteiger partial charge on any atom is -0.349 e. The molecular weight excluding hydrogens is 212 g/mol. The zero-order valence-corrected chi connectivity index (χ0v) is 9.38. The van der Waals surface area contributed by atoms with E-state index in [1.165, 1.54) is 0 Å². The molecular formula is C9H14N4OS. The highest BCUT2D eigenvalue weighted by Crippen LogP contribution is 2.09. The van der Waals surface area contributed by atoms with E-state index in [1.807, 2.05) is 19.3 Å². The number of thioether (sulfide) groups is 1. The number of carbonyl (C=O) groups excluding carboxylic acids is 1. The van der Waals surface area contributed by atoms with Crippen LogP contribution in [0.25, 0.3) is 0 Å². The number of carbonyl (C=O) groups is 1. The Morgan fingerprint density at radius 1 is 1.87 bits per heavy atom. The molecule has 6 heteroatoms. The maximum atomic E-state index is 11.6. The molecule has 2 N–H and O–H groups in total. The number of aromatic nitrogens is 2. The minimum atomic E-state index is -0.0429. The number of hydrogen-bond acceptors (Lipinski definition) is 4. The lowest BCUT2D eigenvalue weighted by molar-refractivity contribution is -0.122. The summed E-state index contributed by atoms with van der Waals surface area (Å²) in [6, 6.07) is 1.86. The van der Waals surface area contributed by atoms with Crippen LogP contribution in [0.3, 0.4) is 0 Å². The lowest BCUT2D eigenvalue weighted by Crippen LogP contribution is -2.41. The monoisotopic (exact) mass is 226 g/mol. The molecule has 0 radical (unpaired) electrons. The van der Waals surface area contributed by atoms with Crippen molar-refractivity contribution in [3.8, 4) is 0 Å². The first kappa shape index (κ1) is 10.5. The Hall–Kier alpha value is -1.01. The molecule has 82 valence electrons. The summed E-state index contributed by atoms with van der Waals surface area (Å²) in [6.07, 6.45) is 1.87. The molecule has 5 nitrogen and oxygen atoms in total. The standard InChI is InChI=1S/C9H14N4OS/c1-13-3-2-7(12-13)4-10-9(14)8-5-15-6-11-8/h2-3,8,11H,4-6H2,1H3,(H,10,14). The lowest BCUT2D eigenvalue weighted by Gasteiger charge is -2.08. The molecule has 1 unspecified atom stereocenters. The Morgan fingerprint density at radius 2 is 2.73 bits per heavy atom. The summed E-state index contributed by atoms with van der Waals surface area (Å²) >= 11 is 1.74. The van der Waals surface area contributed by atoms with Crippen LogP contribution >= 0.6 is 11.8 Å². The summed E-state index contributed by atoms with van der Waals surface area (Å²) in [6.45, 7) is 0.502. The third-order valence-electron chi connectivity index (χ3n) is 2.25. The van der Waals surface area contributed by atoms with E-state index >= 15 is 0 Å².